The minimum atomic E-state index is -3.01. The zero-order valence-electron chi connectivity index (χ0n) is 13.0. The van der Waals surface area contributed by atoms with Crippen LogP contribution in [0.15, 0.2) is 0 Å². The van der Waals surface area contributed by atoms with Crippen LogP contribution in [0.25, 0.3) is 0 Å². The minimum absolute atomic E-state index is 0.531. The Bertz CT molecular complexity index is 391. The van der Waals surface area contributed by atoms with Gasteiger partial charge in [0, 0.05) is 19.1 Å². The molecule has 1 heterocycles. The van der Waals surface area contributed by atoms with Crippen molar-refractivity contribution < 1.29 is 8.42 Å². The van der Waals surface area contributed by atoms with Crippen molar-refractivity contribution in [2.24, 2.45) is 11.8 Å². The lowest BCUT2D eigenvalue weighted by Crippen LogP contribution is -2.43. The van der Waals surface area contributed by atoms with Gasteiger partial charge in [-0.25, -0.2) is 12.7 Å². The summed E-state index contributed by atoms with van der Waals surface area (Å²) in [6.45, 7) is 4.63. The van der Waals surface area contributed by atoms with Crippen LogP contribution in [0.4, 0.5) is 0 Å². The van der Waals surface area contributed by atoms with Crippen LogP contribution < -0.4 is 5.32 Å². The van der Waals surface area contributed by atoms with Crippen LogP contribution in [0.5, 0.6) is 0 Å². The molecule has 2 aliphatic rings. The number of nitrogens with one attached hydrogen (secondary N) is 1. The molecule has 0 amide bonds. The lowest BCUT2D eigenvalue weighted by Gasteiger charge is -2.35. The maximum absolute atomic E-state index is 11.7. The van der Waals surface area contributed by atoms with Crippen molar-refractivity contribution in [2.45, 2.75) is 57.9 Å². The summed E-state index contributed by atoms with van der Waals surface area (Å²) in [5.74, 6) is 1.34. The molecule has 0 aromatic carbocycles. The maximum Gasteiger partial charge on any atom is 0.211 e. The molecule has 1 N–H and O–H groups in total. The molecule has 2 rings (SSSR count). The second-order valence-corrected chi connectivity index (χ2v) is 8.56. The first-order valence-electron chi connectivity index (χ1n) is 8.19. The van der Waals surface area contributed by atoms with Gasteiger partial charge in [-0.1, -0.05) is 19.8 Å². The molecule has 0 radical (unpaired) electrons. The molecule has 4 nitrogen and oxygen atoms in total. The van der Waals surface area contributed by atoms with Gasteiger partial charge >= 0.3 is 0 Å². The lowest BCUT2D eigenvalue weighted by molar-refractivity contribution is 0.215. The Balaban J connectivity index is 1.92. The van der Waals surface area contributed by atoms with E-state index in [9.17, 15) is 8.42 Å². The average Bonchev–Trinajstić information content (AvgIpc) is 2.91. The summed E-state index contributed by atoms with van der Waals surface area (Å²) in [5, 5.41) is 3.66. The summed E-state index contributed by atoms with van der Waals surface area (Å²) < 4.78 is 25.1. The van der Waals surface area contributed by atoms with E-state index in [1.807, 2.05) is 0 Å². The molecule has 2 unspecified atom stereocenters. The smallest absolute Gasteiger partial charge is 0.211 e. The van der Waals surface area contributed by atoms with E-state index in [1.54, 1.807) is 4.31 Å². The van der Waals surface area contributed by atoms with E-state index < -0.39 is 10.0 Å². The van der Waals surface area contributed by atoms with E-state index >= 15 is 0 Å². The molecule has 0 bridgehead atoms. The van der Waals surface area contributed by atoms with Crippen molar-refractivity contribution in [1.29, 1.82) is 0 Å². The molecule has 1 saturated heterocycles. The molecule has 5 heteroatoms. The third-order valence-electron chi connectivity index (χ3n) is 4.97. The molecule has 20 heavy (non-hydrogen) atoms. The van der Waals surface area contributed by atoms with E-state index in [0.29, 0.717) is 18.5 Å². The van der Waals surface area contributed by atoms with Crippen molar-refractivity contribution in [2.75, 3.05) is 25.9 Å². The standard InChI is InChI=1S/C15H30N2O2S/c1-3-16-15(14-8-4-5-9-14)11-13-7-6-10-17(12-13)20(2,18)19/h13-16H,3-12H2,1-2H3. The van der Waals surface area contributed by atoms with Gasteiger partial charge in [-0.3, -0.25) is 0 Å². The third kappa shape index (κ3) is 4.43. The monoisotopic (exact) mass is 302 g/mol. The molecule has 2 fully saturated rings. The van der Waals surface area contributed by atoms with Crippen LogP contribution in [0.1, 0.15) is 51.9 Å². The van der Waals surface area contributed by atoms with E-state index in [0.717, 1.165) is 31.8 Å². The van der Waals surface area contributed by atoms with Crippen molar-refractivity contribution in [3.8, 4) is 0 Å². The maximum atomic E-state index is 11.7. The summed E-state index contributed by atoms with van der Waals surface area (Å²) in [7, 11) is -3.01. The fourth-order valence-corrected chi connectivity index (χ4v) is 4.89. The van der Waals surface area contributed by atoms with Gasteiger partial charge in [-0.15, -0.1) is 0 Å². The summed E-state index contributed by atoms with van der Waals surface area (Å²) >= 11 is 0. The molecule has 1 saturated carbocycles. The van der Waals surface area contributed by atoms with Crippen molar-refractivity contribution in [3.05, 3.63) is 0 Å². The van der Waals surface area contributed by atoms with Gasteiger partial charge in [0.2, 0.25) is 10.0 Å². The summed E-state index contributed by atoms with van der Waals surface area (Å²) in [6.07, 6.45) is 10.1. The average molecular weight is 302 g/mol. The van der Waals surface area contributed by atoms with Gasteiger partial charge in [-0.05, 0) is 50.5 Å². The first-order chi connectivity index (χ1) is 9.50. The summed E-state index contributed by atoms with van der Waals surface area (Å²) in [6, 6.07) is 0.590. The van der Waals surface area contributed by atoms with E-state index in [-0.39, 0.29) is 0 Å². The Labute approximate surface area is 124 Å². The zero-order chi connectivity index (χ0) is 14.6. The van der Waals surface area contributed by atoms with Crippen molar-refractivity contribution in [3.63, 3.8) is 0 Å². The van der Waals surface area contributed by atoms with Crippen LogP contribution in [-0.4, -0.2) is 44.7 Å². The predicted molar refractivity (Wildman–Crippen MR) is 83.2 cm³/mol. The van der Waals surface area contributed by atoms with E-state index in [2.05, 4.69) is 12.2 Å². The second kappa shape index (κ2) is 7.23. The molecular formula is C15H30N2O2S. The summed E-state index contributed by atoms with van der Waals surface area (Å²) in [4.78, 5) is 0. The number of piperidine rings is 1. The van der Waals surface area contributed by atoms with Crippen molar-refractivity contribution in [1.82, 2.24) is 9.62 Å². The number of rotatable bonds is 6. The van der Waals surface area contributed by atoms with Gasteiger partial charge < -0.3 is 5.32 Å². The lowest BCUT2D eigenvalue weighted by atomic mass is 9.86. The quantitative estimate of drug-likeness (QED) is 0.818. The largest absolute Gasteiger partial charge is 0.314 e. The first kappa shape index (κ1) is 16.2. The zero-order valence-corrected chi connectivity index (χ0v) is 13.8. The fraction of sp³-hybridized carbons (Fsp3) is 1.00. The third-order valence-corrected chi connectivity index (χ3v) is 6.24. The highest BCUT2D eigenvalue weighted by Gasteiger charge is 2.31. The molecular weight excluding hydrogens is 272 g/mol. The number of sulfonamides is 1. The highest BCUT2D eigenvalue weighted by atomic mass is 32.2. The highest BCUT2D eigenvalue weighted by Crippen LogP contribution is 2.32. The van der Waals surface area contributed by atoms with Crippen LogP contribution in [0, 0.1) is 11.8 Å². The Morgan fingerprint density at radius 3 is 2.50 bits per heavy atom. The second-order valence-electron chi connectivity index (χ2n) is 6.57. The number of hydrogen-bond acceptors (Lipinski definition) is 3. The molecule has 0 aromatic rings. The van der Waals surface area contributed by atoms with Gasteiger partial charge in [0.25, 0.3) is 0 Å². The van der Waals surface area contributed by atoms with Crippen LogP contribution in [-0.2, 0) is 10.0 Å². The Kier molecular flexibility index (Phi) is 5.87. The van der Waals surface area contributed by atoms with Crippen molar-refractivity contribution >= 4 is 10.0 Å². The Hall–Kier alpha value is -0.130. The van der Waals surface area contributed by atoms with Crippen LogP contribution >= 0.6 is 0 Å². The fourth-order valence-electron chi connectivity index (χ4n) is 3.94. The van der Waals surface area contributed by atoms with Gasteiger partial charge in [-0.2, -0.15) is 0 Å². The molecule has 1 aliphatic carbocycles. The normalized spacial score (nSPS) is 27.8. The topological polar surface area (TPSA) is 49.4 Å². The van der Waals surface area contributed by atoms with Gasteiger partial charge in [0.15, 0.2) is 0 Å². The summed E-state index contributed by atoms with van der Waals surface area (Å²) in [5.41, 5.74) is 0. The van der Waals surface area contributed by atoms with Crippen LogP contribution in [0.3, 0.4) is 0 Å². The van der Waals surface area contributed by atoms with Gasteiger partial charge in [0.05, 0.1) is 6.26 Å². The highest BCUT2D eigenvalue weighted by molar-refractivity contribution is 7.88. The molecule has 0 spiro atoms. The molecule has 118 valence electrons. The Morgan fingerprint density at radius 1 is 1.20 bits per heavy atom. The Morgan fingerprint density at radius 2 is 1.90 bits per heavy atom. The predicted octanol–water partition coefficient (Wildman–Crippen LogP) is 2.22. The SMILES string of the molecule is CCNC(CC1CCCN(S(C)(=O)=O)C1)C1CCCC1. The van der Waals surface area contributed by atoms with E-state index in [4.69, 9.17) is 0 Å². The van der Waals surface area contributed by atoms with E-state index in [1.165, 1.54) is 38.4 Å². The first-order valence-corrected chi connectivity index (χ1v) is 10.0. The number of hydrogen-bond donors (Lipinski definition) is 1. The molecule has 1 aliphatic heterocycles. The number of nitrogens with zero attached hydrogens (tertiary/aromatic N) is 1. The van der Waals surface area contributed by atoms with Crippen LogP contribution in [0.2, 0.25) is 0 Å². The molecule has 0 aromatic heterocycles. The molecule has 2 atom stereocenters. The van der Waals surface area contributed by atoms with Gasteiger partial charge in [0.1, 0.15) is 0 Å². The minimum Gasteiger partial charge on any atom is -0.314 e.